The van der Waals surface area contributed by atoms with Gasteiger partial charge in [0.15, 0.2) is 0 Å². The van der Waals surface area contributed by atoms with Crippen molar-refractivity contribution in [2.75, 3.05) is 13.2 Å². The SMILES string of the molecule is CC(C)(C)C(=O)NCCOc1cccc(Br)c1. The summed E-state index contributed by atoms with van der Waals surface area (Å²) in [6, 6.07) is 7.63. The zero-order chi connectivity index (χ0) is 12.9. The summed E-state index contributed by atoms with van der Waals surface area (Å²) >= 11 is 3.37. The van der Waals surface area contributed by atoms with Gasteiger partial charge in [-0.1, -0.05) is 42.8 Å². The zero-order valence-electron chi connectivity index (χ0n) is 10.4. The van der Waals surface area contributed by atoms with Crippen LogP contribution in [0, 0.1) is 5.41 Å². The smallest absolute Gasteiger partial charge is 0.225 e. The first-order chi connectivity index (χ1) is 7.89. The van der Waals surface area contributed by atoms with Gasteiger partial charge in [-0.25, -0.2) is 0 Å². The predicted octanol–water partition coefficient (Wildman–Crippen LogP) is 2.99. The number of amides is 1. The van der Waals surface area contributed by atoms with Gasteiger partial charge in [-0.15, -0.1) is 0 Å². The molecule has 1 aromatic carbocycles. The molecule has 0 saturated carbocycles. The molecule has 4 heteroatoms. The molecule has 0 heterocycles. The Labute approximate surface area is 111 Å². The number of benzene rings is 1. The number of ether oxygens (including phenoxy) is 1. The highest BCUT2D eigenvalue weighted by atomic mass is 79.9. The van der Waals surface area contributed by atoms with E-state index in [2.05, 4.69) is 21.2 Å². The largest absolute Gasteiger partial charge is 0.492 e. The van der Waals surface area contributed by atoms with Crippen LogP contribution in [0.3, 0.4) is 0 Å². The summed E-state index contributed by atoms with van der Waals surface area (Å²) in [5, 5.41) is 2.83. The molecular weight excluding hydrogens is 282 g/mol. The van der Waals surface area contributed by atoms with E-state index in [1.807, 2.05) is 45.0 Å². The number of halogens is 1. The average Bonchev–Trinajstić information content (AvgIpc) is 2.23. The molecule has 0 fully saturated rings. The quantitative estimate of drug-likeness (QED) is 0.868. The van der Waals surface area contributed by atoms with Crippen molar-refractivity contribution < 1.29 is 9.53 Å². The molecule has 0 aliphatic carbocycles. The first-order valence-electron chi connectivity index (χ1n) is 5.56. The van der Waals surface area contributed by atoms with Crippen LogP contribution < -0.4 is 10.1 Å². The van der Waals surface area contributed by atoms with E-state index in [0.29, 0.717) is 13.2 Å². The van der Waals surface area contributed by atoms with E-state index in [0.717, 1.165) is 10.2 Å². The number of carbonyl (C=O) groups is 1. The third-order valence-corrected chi connectivity index (χ3v) is 2.63. The molecule has 94 valence electrons. The van der Waals surface area contributed by atoms with Crippen LogP contribution in [0.25, 0.3) is 0 Å². The third-order valence-electron chi connectivity index (χ3n) is 2.13. The van der Waals surface area contributed by atoms with Gasteiger partial charge in [0, 0.05) is 9.89 Å². The van der Waals surface area contributed by atoms with Crippen molar-refractivity contribution in [3.63, 3.8) is 0 Å². The Balaban J connectivity index is 2.28. The van der Waals surface area contributed by atoms with Crippen molar-refractivity contribution in [1.82, 2.24) is 5.32 Å². The fraction of sp³-hybridized carbons (Fsp3) is 0.462. The molecule has 1 amide bonds. The molecule has 1 rings (SSSR count). The molecule has 0 saturated heterocycles. The van der Waals surface area contributed by atoms with Gasteiger partial charge >= 0.3 is 0 Å². The van der Waals surface area contributed by atoms with Gasteiger partial charge in [-0.05, 0) is 18.2 Å². The van der Waals surface area contributed by atoms with E-state index in [1.165, 1.54) is 0 Å². The lowest BCUT2D eigenvalue weighted by atomic mass is 9.96. The molecule has 0 aliphatic heterocycles. The maximum Gasteiger partial charge on any atom is 0.225 e. The third kappa shape index (κ3) is 5.22. The number of carbonyl (C=O) groups excluding carboxylic acids is 1. The highest BCUT2D eigenvalue weighted by Gasteiger charge is 2.20. The minimum atomic E-state index is -0.351. The molecular formula is C13H18BrNO2. The summed E-state index contributed by atoms with van der Waals surface area (Å²) in [6.07, 6.45) is 0. The highest BCUT2D eigenvalue weighted by molar-refractivity contribution is 9.10. The van der Waals surface area contributed by atoms with Crippen LogP contribution in [0.4, 0.5) is 0 Å². The van der Waals surface area contributed by atoms with E-state index in [1.54, 1.807) is 0 Å². The van der Waals surface area contributed by atoms with E-state index in [4.69, 9.17) is 4.74 Å². The Hall–Kier alpha value is -1.03. The van der Waals surface area contributed by atoms with Gasteiger partial charge in [0.2, 0.25) is 5.91 Å². The van der Waals surface area contributed by atoms with Crippen molar-refractivity contribution in [1.29, 1.82) is 0 Å². The van der Waals surface area contributed by atoms with Crippen molar-refractivity contribution in [3.05, 3.63) is 28.7 Å². The predicted molar refractivity (Wildman–Crippen MR) is 72.1 cm³/mol. The van der Waals surface area contributed by atoms with Gasteiger partial charge in [-0.3, -0.25) is 4.79 Å². The second kappa shape index (κ2) is 6.05. The molecule has 0 spiro atoms. The fourth-order valence-electron chi connectivity index (χ4n) is 1.16. The van der Waals surface area contributed by atoms with Crippen LogP contribution in [0.15, 0.2) is 28.7 Å². The molecule has 1 aromatic rings. The molecule has 3 nitrogen and oxygen atoms in total. The van der Waals surface area contributed by atoms with Crippen LogP contribution in [0.5, 0.6) is 5.75 Å². The lowest BCUT2D eigenvalue weighted by Gasteiger charge is -2.17. The summed E-state index contributed by atoms with van der Waals surface area (Å²) in [7, 11) is 0. The van der Waals surface area contributed by atoms with E-state index in [-0.39, 0.29) is 11.3 Å². The minimum absolute atomic E-state index is 0.0374. The van der Waals surface area contributed by atoms with Gasteiger partial charge in [0.1, 0.15) is 12.4 Å². The highest BCUT2D eigenvalue weighted by Crippen LogP contribution is 2.17. The van der Waals surface area contributed by atoms with Gasteiger partial charge in [0.25, 0.3) is 0 Å². The van der Waals surface area contributed by atoms with Gasteiger partial charge < -0.3 is 10.1 Å². The number of hydrogen-bond acceptors (Lipinski definition) is 2. The monoisotopic (exact) mass is 299 g/mol. The van der Waals surface area contributed by atoms with Crippen LogP contribution in [-0.2, 0) is 4.79 Å². The molecule has 0 radical (unpaired) electrons. The van der Waals surface area contributed by atoms with Crippen molar-refractivity contribution in [2.45, 2.75) is 20.8 Å². The first kappa shape index (κ1) is 14.0. The summed E-state index contributed by atoms with van der Waals surface area (Å²) in [6.45, 7) is 6.65. The van der Waals surface area contributed by atoms with Crippen molar-refractivity contribution in [2.24, 2.45) is 5.41 Å². The summed E-state index contributed by atoms with van der Waals surface area (Å²) in [4.78, 5) is 11.6. The number of hydrogen-bond donors (Lipinski definition) is 1. The van der Waals surface area contributed by atoms with Crippen LogP contribution >= 0.6 is 15.9 Å². The Kier molecular flexibility index (Phi) is 5.00. The second-order valence-corrected chi connectivity index (χ2v) is 5.73. The fourth-order valence-corrected chi connectivity index (χ4v) is 1.53. The average molecular weight is 300 g/mol. The molecule has 0 bridgehead atoms. The maximum atomic E-state index is 11.6. The summed E-state index contributed by atoms with van der Waals surface area (Å²) in [5.74, 6) is 0.833. The Morgan fingerprint density at radius 1 is 1.41 bits per heavy atom. The van der Waals surface area contributed by atoms with E-state index < -0.39 is 0 Å². The van der Waals surface area contributed by atoms with Gasteiger partial charge in [-0.2, -0.15) is 0 Å². The number of nitrogens with one attached hydrogen (secondary N) is 1. The molecule has 0 aliphatic rings. The van der Waals surface area contributed by atoms with E-state index >= 15 is 0 Å². The molecule has 0 unspecified atom stereocenters. The van der Waals surface area contributed by atoms with E-state index in [9.17, 15) is 4.79 Å². The van der Waals surface area contributed by atoms with Crippen molar-refractivity contribution in [3.8, 4) is 5.75 Å². The topological polar surface area (TPSA) is 38.3 Å². The summed E-state index contributed by atoms with van der Waals surface area (Å²) in [5.41, 5.74) is -0.351. The maximum absolute atomic E-state index is 11.6. The first-order valence-corrected chi connectivity index (χ1v) is 6.35. The lowest BCUT2D eigenvalue weighted by Crippen LogP contribution is -2.37. The molecule has 0 aromatic heterocycles. The van der Waals surface area contributed by atoms with Crippen LogP contribution in [0.1, 0.15) is 20.8 Å². The lowest BCUT2D eigenvalue weighted by molar-refractivity contribution is -0.128. The summed E-state index contributed by atoms with van der Waals surface area (Å²) < 4.78 is 6.49. The van der Waals surface area contributed by atoms with Crippen LogP contribution in [0.2, 0.25) is 0 Å². The normalized spacial score (nSPS) is 11.1. The van der Waals surface area contributed by atoms with Gasteiger partial charge in [0.05, 0.1) is 6.54 Å². The Morgan fingerprint density at radius 3 is 2.71 bits per heavy atom. The standard InChI is InChI=1S/C13H18BrNO2/c1-13(2,3)12(16)15-7-8-17-11-6-4-5-10(14)9-11/h4-6,9H,7-8H2,1-3H3,(H,15,16). The van der Waals surface area contributed by atoms with Crippen LogP contribution in [-0.4, -0.2) is 19.1 Å². The molecule has 0 atom stereocenters. The Bertz CT molecular complexity index is 385. The molecule has 1 N–H and O–H groups in total. The second-order valence-electron chi connectivity index (χ2n) is 4.81. The van der Waals surface area contributed by atoms with Crippen molar-refractivity contribution >= 4 is 21.8 Å². The Morgan fingerprint density at radius 2 is 2.12 bits per heavy atom. The zero-order valence-corrected chi connectivity index (χ0v) is 12.0. The minimum Gasteiger partial charge on any atom is -0.492 e. The molecule has 17 heavy (non-hydrogen) atoms. The number of rotatable bonds is 4.